The van der Waals surface area contributed by atoms with E-state index in [1.54, 1.807) is 23.5 Å². The van der Waals surface area contributed by atoms with E-state index in [4.69, 9.17) is 16.3 Å². The number of methoxy groups -OCH3 is 1. The highest BCUT2D eigenvalue weighted by Gasteiger charge is 2.30. The summed E-state index contributed by atoms with van der Waals surface area (Å²) in [5.41, 5.74) is 0.876. The van der Waals surface area contributed by atoms with E-state index in [9.17, 15) is 8.42 Å². The maximum absolute atomic E-state index is 12.6. The number of rotatable bonds is 4. The minimum absolute atomic E-state index is 0.268. The zero-order valence-corrected chi connectivity index (χ0v) is 13.4. The summed E-state index contributed by atoms with van der Waals surface area (Å²) in [6, 6.07) is 4.90. The van der Waals surface area contributed by atoms with Gasteiger partial charge in [0.1, 0.15) is 0 Å². The minimum Gasteiger partial charge on any atom is -0.384 e. The molecule has 1 unspecified atom stereocenters. The Morgan fingerprint density at radius 2 is 2.20 bits per heavy atom. The molecule has 1 aliphatic heterocycles. The van der Waals surface area contributed by atoms with Crippen LogP contribution in [0.3, 0.4) is 0 Å². The van der Waals surface area contributed by atoms with Crippen molar-refractivity contribution in [3.8, 4) is 0 Å². The number of sulfonamides is 1. The third-order valence-corrected chi connectivity index (χ3v) is 5.93. The molecule has 1 fully saturated rings. The molecule has 4 nitrogen and oxygen atoms in total. The molecule has 1 saturated heterocycles. The fourth-order valence-corrected chi connectivity index (χ4v) is 4.33. The molecule has 0 aliphatic carbocycles. The molecule has 0 N–H and O–H groups in total. The molecule has 1 heterocycles. The van der Waals surface area contributed by atoms with Gasteiger partial charge in [0.05, 0.1) is 11.5 Å². The Morgan fingerprint density at radius 1 is 1.45 bits per heavy atom. The summed E-state index contributed by atoms with van der Waals surface area (Å²) < 4.78 is 31.9. The maximum Gasteiger partial charge on any atom is 0.243 e. The van der Waals surface area contributed by atoms with Crippen LogP contribution in [0.15, 0.2) is 23.1 Å². The lowest BCUT2D eigenvalue weighted by Gasteiger charge is -2.31. The average Bonchev–Trinajstić information content (AvgIpc) is 2.42. The average molecular weight is 318 g/mol. The highest BCUT2D eigenvalue weighted by molar-refractivity contribution is 7.89. The van der Waals surface area contributed by atoms with Gasteiger partial charge in [-0.3, -0.25) is 0 Å². The van der Waals surface area contributed by atoms with Crippen molar-refractivity contribution in [2.24, 2.45) is 5.92 Å². The normalized spacial score (nSPS) is 21.1. The lowest BCUT2D eigenvalue weighted by molar-refractivity contribution is 0.118. The predicted octanol–water partition coefficient (Wildman–Crippen LogP) is 2.70. The van der Waals surface area contributed by atoms with Crippen molar-refractivity contribution in [1.29, 1.82) is 0 Å². The largest absolute Gasteiger partial charge is 0.384 e. The third kappa shape index (κ3) is 3.34. The monoisotopic (exact) mass is 317 g/mol. The second kappa shape index (κ2) is 6.43. The second-order valence-electron chi connectivity index (χ2n) is 5.24. The van der Waals surface area contributed by atoms with Gasteiger partial charge in [-0.05, 0) is 43.4 Å². The van der Waals surface area contributed by atoms with E-state index in [2.05, 4.69) is 0 Å². The topological polar surface area (TPSA) is 46.6 Å². The van der Waals surface area contributed by atoms with E-state index in [0.29, 0.717) is 24.7 Å². The van der Waals surface area contributed by atoms with Crippen LogP contribution < -0.4 is 0 Å². The summed E-state index contributed by atoms with van der Waals surface area (Å²) >= 11 is 6.03. The first-order valence-electron chi connectivity index (χ1n) is 6.70. The van der Waals surface area contributed by atoms with Crippen LogP contribution in [-0.2, 0) is 14.8 Å². The van der Waals surface area contributed by atoms with Gasteiger partial charge >= 0.3 is 0 Å². The van der Waals surface area contributed by atoms with Crippen LogP contribution >= 0.6 is 11.6 Å². The fraction of sp³-hybridized carbons (Fsp3) is 0.571. The van der Waals surface area contributed by atoms with Gasteiger partial charge in [0.25, 0.3) is 0 Å². The van der Waals surface area contributed by atoms with Crippen LogP contribution in [-0.4, -0.2) is 39.5 Å². The van der Waals surface area contributed by atoms with Crippen molar-refractivity contribution in [3.05, 3.63) is 28.8 Å². The lowest BCUT2D eigenvalue weighted by Crippen LogP contribution is -2.41. The first-order valence-corrected chi connectivity index (χ1v) is 8.52. The Labute approximate surface area is 125 Å². The molecule has 20 heavy (non-hydrogen) atoms. The third-order valence-electron chi connectivity index (χ3n) is 3.67. The Hall–Kier alpha value is -0.620. The van der Waals surface area contributed by atoms with Gasteiger partial charge in [-0.1, -0.05) is 17.7 Å². The van der Waals surface area contributed by atoms with Crippen LogP contribution in [0.4, 0.5) is 0 Å². The molecule has 1 aromatic carbocycles. The van der Waals surface area contributed by atoms with Crippen molar-refractivity contribution in [1.82, 2.24) is 4.31 Å². The van der Waals surface area contributed by atoms with Gasteiger partial charge in [-0.15, -0.1) is 0 Å². The number of halogens is 1. The molecule has 112 valence electrons. The number of hydrogen-bond donors (Lipinski definition) is 0. The van der Waals surface area contributed by atoms with Gasteiger partial charge in [-0.2, -0.15) is 4.31 Å². The van der Waals surface area contributed by atoms with Gasteiger partial charge in [-0.25, -0.2) is 8.42 Å². The zero-order valence-electron chi connectivity index (χ0n) is 11.8. The summed E-state index contributed by atoms with van der Waals surface area (Å²) in [5.74, 6) is 0.268. The van der Waals surface area contributed by atoms with Crippen LogP contribution in [0.5, 0.6) is 0 Å². The lowest BCUT2D eigenvalue weighted by atomic mass is 10.0. The highest BCUT2D eigenvalue weighted by atomic mass is 35.5. The molecule has 1 atom stereocenters. The molecular weight excluding hydrogens is 298 g/mol. The van der Waals surface area contributed by atoms with E-state index in [1.807, 2.05) is 6.92 Å². The highest BCUT2D eigenvalue weighted by Crippen LogP contribution is 2.26. The van der Waals surface area contributed by atoms with E-state index >= 15 is 0 Å². The number of aryl methyl sites for hydroxylation is 1. The summed E-state index contributed by atoms with van der Waals surface area (Å²) in [6.45, 7) is 3.53. The van der Waals surface area contributed by atoms with Crippen LogP contribution in [0.1, 0.15) is 18.4 Å². The van der Waals surface area contributed by atoms with Crippen molar-refractivity contribution < 1.29 is 13.2 Å². The van der Waals surface area contributed by atoms with E-state index in [1.165, 1.54) is 6.07 Å². The standard InChI is InChI=1S/C14H20ClNO3S/c1-11-5-6-13(8-14(11)15)20(17,18)16-7-3-4-12(9-16)10-19-2/h5-6,8,12H,3-4,7,9-10H2,1-2H3. The fourth-order valence-electron chi connectivity index (χ4n) is 2.50. The van der Waals surface area contributed by atoms with E-state index < -0.39 is 10.0 Å². The number of nitrogens with zero attached hydrogens (tertiary/aromatic N) is 1. The first-order chi connectivity index (χ1) is 9.45. The molecule has 0 radical (unpaired) electrons. The zero-order chi connectivity index (χ0) is 14.8. The molecule has 6 heteroatoms. The molecule has 0 aromatic heterocycles. The van der Waals surface area contributed by atoms with Gasteiger partial charge in [0.2, 0.25) is 10.0 Å². The predicted molar refractivity (Wildman–Crippen MR) is 79.5 cm³/mol. The van der Waals surface area contributed by atoms with Crippen LogP contribution in [0.25, 0.3) is 0 Å². The van der Waals surface area contributed by atoms with Crippen molar-refractivity contribution >= 4 is 21.6 Å². The minimum atomic E-state index is -3.46. The molecule has 0 spiro atoms. The molecular formula is C14H20ClNO3S. The van der Waals surface area contributed by atoms with Gasteiger partial charge in [0.15, 0.2) is 0 Å². The number of ether oxygens (including phenoxy) is 1. The summed E-state index contributed by atoms with van der Waals surface area (Å²) in [7, 11) is -1.81. The Balaban J connectivity index is 2.23. The van der Waals surface area contributed by atoms with E-state index in [0.717, 1.165) is 18.4 Å². The first kappa shape index (κ1) is 15.8. The van der Waals surface area contributed by atoms with E-state index in [-0.39, 0.29) is 10.8 Å². The van der Waals surface area contributed by atoms with Crippen molar-refractivity contribution in [3.63, 3.8) is 0 Å². The number of piperidine rings is 1. The van der Waals surface area contributed by atoms with Crippen LogP contribution in [0.2, 0.25) is 5.02 Å². The molecule has 0 saturated carbocycles. The van der Waals surface area contributed by atoms with Gasteiger partial charge < -0.3 is 4.74 Å². The second-order valence-corrected chi connectivity index (χ2v) is 7.58. The number of hydrogen-bond acceptors (Lipinski definition) is 3. The van der Waals surface area contributed by atoms with Gasteiger partial charge in [0, 0.05) is 25.2 Å². The van der Waals surface area contributed by atoms with Crippen molar-refractivity contribution in [2.75, 3.05) is 26.8 Å². The maximum atomic E-state index is 12.6. The Morgan fingerprint density at radius 3 is 2.85 bits per heavy atom. The molecule has 1 aliphatic rings. The van der Waals surface area contributed by atoms with Crippen molar-refractivity contribution in [2.45, 2.75) is 24.7 Å². The van der Waals surface area contributed by atoms with Crippen LogP contribution in [0, 0.1) is 12.8 Å². The quantitative estimate of drug-likeness (QED) is 0.857. The Kier molecular flexibility index (Phi) is 5.07. The molecule has 1 aromatic rings. The molecule has 2 rings (SSSR count). The SMILES string of the molecule is COCC1CCCN(S(=O)(=O)c2ccc(C)c(Cl)c2)C1. The smallest absolute Gasteiger partial charge is 0.243 e. The number of benzene rings is 1. The Bertz CT molecular complexity index is 572. The molecule has 0 bridgehead atoms. The summed E-state index contributed by atoms with van der Waals surface area (Å²) in [6.07, 6.45) is 1.88. The molecule has 0 amide bonds. The summed E-state index contributed by atoms with van der Waals surface area (Å²) in [5, 5.41) is 0.483. The summed E-state index contributed by atoms with van der Waals surface area (Å²) in [4.78, 5) is 0.270.